The van der Waals surface area contributed by atoms with Crippen molar-refractivity contribution in [3.05, 3.63) is 35.1 Å². The molecule has 1 aliphatic heterocycles. The molecule has 1 amide bonds. The largest absolute Gasteiger partial charge is 0.460 e. The maximum Gasteiger partial charge on any atom is 0.309 e. The minimum absolute atomic E-state index is 0.00701. The lowest BCUT2D eigenvalue weighted by Crippen LogP contribution is -2.63. The Morgan fingerprint density at radius 2 is 2.04 bits per heavy atom. The van der Waals surface area contributed by atoms with E-state index in [-0.39, 0.29) is 19.5 Å². The molecule has 144 valence electrons. The highest BCUT2D eigenvalue weighted by Crippen LogP contribution is 2.40. The van der Waals surface area contributed by atoms with Gasteiger partial charge < -0.3 is 16.2 Å². The molecule has 1 aliphatic rings. The van der Waals surface area contributed by atoms with Gasteiger partial charge in [0.15, 0.2) is 0 Å². The number of ether oxygens (including phenoxy) is 1. The molecule has 1 heterocycles. The number of piperidine rings is 1. The molecule has 0 aliphatic carbocycles. The highest BCUT2D eigenvalue weighted by molar-refractivity contribution is 5.88. The molecule has 1 aromatic rings. The molecule has 2 atom stereocenters. The number of rotatable bonds is 4. The highest BCUT2D eigenvalue weighted by atomic mass is 19.1. The van der Waals surface area contributed by atoms with Crippen LogP contribution in [0.2, 0.25) is 0 Å². The molecule has 2 rings (SSSR count). The van der Waals surface area contributed by atoms with Gasteiger partial charge in [-0.1, -0.05) is 6.07 Å². The summed E-state index contributed by atoms with van der Waals surface area (Å²) in [6.45, 7) is 5.59. The Morgan fingerprint density at radius 1 is 1.38 bits per heavy atom. The molecule has 7 nitrogen and oxygen atoms in total. The van der Waals surface area contributed by atoms with Gasteiger partial charge in [-0.15, -0.1) is 0 Å². The zero-order chi connectivity index (χ0) is 19.7. The number of carbonyl (C=O) groups is 2. The molecule has 1 fully saturated rings. The summed E-state index contributed by atoms with van der Waals surface area (Å²) in [4.78, 5) is 25.1. The fraction of sp³-hybridized carbons (Fsp3) is 0.556. The quantitative estimate of drug-likeness (QED) is 0.537. The van der Waals surface area contributed by atoms with Gasteiger partial charge in [0.2, 0.25) is 5.91 Å². The number of nitrogens with zero attached hydrogens (tertiary/aromatic N) is 1. The van der Waals surface area contributed by atoms with Gasteiger partial charge in [-0.25, -0.2) is 9.40 Å². The van der Waals surface area contributed by atoms with Gasteiger partial charge in [0.25, 0.3) is 0 Å². The molecule has 0 bridgehead atoms. The molecule has 1 aromatic carbocycles. The third-order valence-corrected chi connectivity index (χ3v) is 4.63. The lowest BCUT2D eigenvalue weighted by atomic mass is 9.74. The van der Waals surface area contributed by atoms with Crippen molar-refractivity contribution >= 4 is 11.9 Å². The Bertz CT molecular complexity index is 704. The van der Waals surface area contributed by atoms with E-state index in [4.69, 9.17) is 22.0 Å². The summed E-state index contributed by atoms with van der Waals surface area (Å²) in [7, 11) is 0. The smallest absolute Gasteiger partial charge is 0.309 e. The average molecular weight is 366 g/mol. The monoisotopic (exact) mass is 366 g/mol. The van der Waals surface area contributed by atoms with Crippen LogP contribution in [0, 0.1) is 11.7 Å². The first-order chi connectivity index (χ1) is 12.0. The van der Waals surface area contributed by atoms with Crippen LogP contribution in [0.15, 0.2) is 18.2 Å². The minimum atomic E-state index is -1.46. The van der Waals surface area contributed by atoms with Crippen LogP contribution in [0.1, 0.15) is 44.7 Å². The number of carbonyl (C=O) groups excluding carboxylic acids is 2. The van der Waals surface area contributed by atoms with Crippen molar-refractivity contribution in [3.63, 3.8) is 0 Å². The minimum Gasteiger partial charge on any atom is -0.460 e. The van der Waals surface area contributed by atoms with Crippen LogP contribution >= 0.6 is 0 Å². The first-order valence-electron chi connectivity index (χ1n) is 8.55. The number of hydrogen-bond donors (Lipinski definition) is 3. The molecule has 6 N–H and O–H groups in total. The van der Waals surface area contributed by atoms with E-state index in [9.17, 15) is 14.0 Å². The number of hydrazine groups is 1. The number of amides is 1. The van der Waals surface area contributed by atoms with E-state index in [1.54, 1.807) is 20.8 Å². The van der Waals surface area contributed by atoms with Gasteiger partial charge in [0.1, 0.15) is 17.0 Å². The maximum absolute atomic E-state index is 13.6. The fourth-order valence-corrected chi connectivity index (χ4v) is 3.42. The zero-order valence-electron chi connectivity index (χ0n) is 15.4. The van der Waals surface area contributed by atoms with Gasteiger partial charge in [-0.05, 0) is 56.9 Å². The van der Waals surface area contributed by atoms with Crippen LogP contribution in [-0.4, -0.2) is 29.0 Å². The highest BCUT2D eigenvalue weighted by Gasteiger charge is 2.50. The Kier molecular flexibility index (Phi) is 5.70. The zero-order valence-corrected chi connectivity index (χ0v) is 15.4. The molecule has 1 saturated heterocycles. The van der Waals surface area contributed by atoms with Crippen LogP contribution in [0.3, 0.4) is 0 Å². The molecular weight excluding hydrogens is 339 g/mol. The van der Waals surface area contributed by atoms with Gasteiger partial charge in [0, 0.05) is 13.1 Å². The number of hydrogen-bond acceptors (Lipinski definition) is 6. The van der Waals surface area contributed by atoms with E-state index < -0.39 is 34.8 Å². The van der Waals surface area contributed by atoms with E-state index in [1.807, 2.05) is 0 Å². The SMILES string of the molecule is CC(C)(C)OC(=O)C1CCN(N)C(C(N)=O)(c2ccc(F)cc2CN)C1. The maximum atomic E-state index is 13.6. The molecule has 0 spiro atoms. The van der Waals surface area contributed by atoms with Crippen LogP contribution < -0.4 is 17.3 Å². The third kappa shape index (κ3) is 3.87. The number of halogens is 1. The van der Waals surface area contributed by atoms with Gasteiger partial charge in [-0.2, -0.15) is 0 Å². The second-order valence-corrected chi connectivity index (χ2v) is 7.65. The first-order valence-corrected chi connectivity index (χ1v) is 8.55. The Morgan fingerprint density at radius 3 is 2.58 bits per heavy atom. The predicted octanol–water partition coefficient (Wildman–Crippen LogP) is 0.892. The third-order valence-electron chi connectivity index (χ3n) is 4.63. The standard InChI is InChI=1S/C18H27FN4O3/c1-17(2,3)26-15(24)11-6-7-23(22)18(9-11,16(21)25)14-5-4-13(19)8-12(14)10-20/h4-5,8,11H,6-7,9-10,20,22H2,1-3H3,(H2,21,25). The summed E-state index contributed by atoms with van der Waals surface area (Å²) in [6, 6.07) is 3.94. The number of benzene rings is 1. The van der Waals surface area contributed by atoms with Crippen molar-refractivity contribution in [1.82, 2.24) is 5.01 Å². The topological polar surface area (TPSA) is 125 Å². The Hall–Kier alpha value is -2.03. The summed E-state index contributed by atoms with van der Waals surface area (Å²) in [5.41, 5.74) is 10.2. The van der Waals surface area contributed by atoms with Gasteiger partial charge in [-0.3, -0.25) is 15.4 Å². The Balaban J connectivity index is 2.48. The summed E-state index contributed by atoms with van der Waals surface area (Å²) in [5.74, 6) is 3.99. The summed E-state index contributed by atoms with van der Waals surface area (Å²) >= 11 is 0. The van der Waals surface area contributed by atoms with Crippen molar-refractivity contribution in [2.45, 2.75) is 51.3 Å². The summed E-state index contributed by atoms with van der Waals surface area (Å²) < 4.78 is 19.1. The summed E-state index contributed by atoms with van der Waals surface area (Å²) in [5, 5.41) is 1.32. The van der Waals surface area contributed by atoms with Gasteiger partial charge >= 0.3 is 5.97 Å². The van der Waals surface area contributed by atoms with Crippen LogP contribution in [0.4, 0.5) is 4.39 Å². The molecule has 2 unspecified atom stereocenters. The lowest BCUT2D eigenvalue weighted by Gasteiger charge is -2.45. The molecule has 0 saturated carbocycles. The van der Waals surface area contributed by atoms with Crippen molar-refractivity contribution in [2.75, 3.05) is 6.54 Å². The van der Waals surface area contributed by atoms with Crippen LogP contribution in [0.5, 0.6) is 0 Å². The van der Waals surface area contributed by atoms with Gasteiger partial charge in [0.05, 0.1) is 5.92 Å². The molecule has 8 heteroatoms. The van der Waals surface area contributed by atoms with Crippen molar-refractivity contribution in [1.29, 1.82) is 0 Å². The van der Waals surface area contributed by atoms with E-state index in [0.29, 0.717) is 17.5 Å². The molecule has 0 radical (unpaired) electrons. The van der Waals surface area contributed by atoms with Crippen molar-refractivity contribution in [3.8, 4) is 0 Å². The second kappa shape index (κ2) is 7.30. The molecule has 0 aromatic heterocycles. The number of nitrogens with two attached hydrogens (primary N) is 3. The molecule has 26 heavy (non-hydrogen) atoms. The number of primary amides is 1. The van der Waals surface area contributed by atoms with E-state index in [1.165, 1.54) is 23.2 Å². The predicted molar refractivity (Wildman–Crippen MR) is 94.6 cm³/mol. The van der Waals surface area contributed by atoms with E-state index >= 15 is 0 Å². The lowest BCUT2D eigenvalue weighted by molar-refractivity contribution is -0.165. The summed E-state index contributed by atoms with van der Waals surface area (Å²) in [6.07, 6.45) is 0.478. The van der Waals surface area contributed by atoms with Crippen LogP contribution in [-0.2, 0) is 26.4 Å². The normalized spacial score (nSPS) is 24.3. The van der Waals surface area contributed by atoms with E-state index in [0.717, 1.165) is 0 Å². The fourth-order valence-electron chi connectivity index (χ4n) is 3.42. The van der Waals surface area contributed by atoms with E-state index in [2.05, 4.69) is 0 Å². The Labute approximate surface area is 152 Å². The molecular formula is C18H27FN4O3. The second-order valence-electron chi connectivity index (χ2n) is 7.65. The number of esters is 1. The average Bonchev–Trinajstić information content (AvgIpc) is 2.53. The van der Waals surface area contributed by atoms with Crippen molar-refractivity contribution < 1.29 is 18.7 Å². The van der Waals surface area contributed by atoms with Crippen LogP contribution in [0.25, 0.3) is 0 Å². The van der Waals surface area contributed by atoms with Crippen molar-refractivity contribution in [2.24, 2.45) is 23.2 Å². The first kappa shape index (κ1) is 20.3.